The molecule has 0 N–H and O–H groups in total. The van der Waals surface area contributed by atoms with Gasteiger partial charge in [-0.2, -0.15) is 0 Å². The van der Waals surface area contributed by atoms with Gasteiger partial charge < -0.3 is 23.5 Å². The minimum atomic E-state index is -0.112. The number of benzene rings is 1. The number of carbonyl (C=O) groups is 2. The summed E-state index contributed by atoms with van der Waals surface area (Å²) in [5, 5.41) is 0. The molecule has 0 bridgehead atoms. The molecular formula is C25H31N3O4. The molecule has 0 aliphatic rings. The molecule has 0 saturated heterocycles. The zero-order valence-electron chi connectivity index (χ0n) is 19.0. The van der Waals surface area contributed by atoms with Gasteiger partial charge in [-0.25, -0.2) is 0 Å². The summed E-state index contributed by atoms with van der Waals surface area (Å²) in [4.78, 5) is 29.7. The second-order valence-electron chi connectivity index (χ2n) is 7.78. The van der Waals surface area contributed by atoms with E-state index in [9.17, 15) is 9.59 Å². The van der Waals surface area contributed by atoms with Gasteiger partial charge in [0.25, 0.3) is 0 Å². The summed E-state index contributed by atoms with van der Waals surface area (Å²) in [6, 6.07) is 15.0. The van der Waals surface area contributed by atoms with Crippen molar-refractivity contribution in [1.82, 2.24) is 14.4 Å². The van der Waals surface area contributed by atoms with E-state index < -0.39 is 0 Å². The lowest BCUT2D eigenvalue weighted by molar-refractivity contribution is -0.141. The molecule has 0 fully saturated rings. The first-order chi connectivity index (χ1) is 15.5. The number of methoxy groups -OCH3 is 1. The Kier molecular flexibility index (Phi) is 8.14. The van der Waals surface area contributed by atoms with Crippen LogP contribution in [-0.2, 0) is 36.1 Å². The van der Waals surface area contributed by atoms with Gasteiger partial charge in [0.1, 0.15) is 11.5 Å². The zero-order valence-corrected chi connectivity index (χ0v) is 19.0. The van der Waals surface area contributed by atoms with Crippen LogP contribution in [0.1, 0.15) is 30.4 Å². The fraction of sp³-hybridized carbons (Fsp3) is 0.360. The lowest BCUT2D eigenvalue weighted by Crippen LogP contribution is -2.43. The minimum absolute atomic E-state index is 0.0357. The third kappa shape index (κ3) is 6.26. The Morgan fingerprint density at radius 3 is 2.38 bits per heavy atom. The molecule has 32 heavy (non-hydrogen) atoms. The summed E-state index contributed by atoms with van der Waals surface area (Å²) in [6.45, 7) is 3.36. The van der Waals surface area contributed by atoms with Gasteiger partial charge in [-0.05, 0) is 48.4 Å². The first-order valence-electron chi connectivity index (χ1n) is 10.8. The third-order valence-electron chi connectivity index (χ3n) is 5.37. The van der Waals surface area contributed by atoms with Crippen molar-refractivity contribution in [2.75, 3.05) is 20.2 Å². The highest BCUT2D eigenvalue weighted by molar-refractivity contribution is 5.86. The molecule has 3 rings (SSSR count). The second kappa shape index (κ2) is 11.2. The number of carbonyl (C=O) groups excluding carboxylic acids is 2. The van der Waals surface area contributed by atoms with Crippen LogP contribution in [0.3, 0.4) is 0 Å². The molecule has 0 aliphatic carbocycles. The van der Waals surface area contributed by atoms with Gasteiger partial charge >= 0.3 is 0 Å². The number of aromatic nitrogens is 1. The molecule has 3 aromatic rings. The number of hydrogen-bond donors (Lipinski definition) is 0. The van der Waals surface area contributed by atoms with Crippen LogP contribution in [0.4, 0.5) is 0 Å². The van der Waals surface area contributed by atoms with Crippen LogP contribution in [0.15, 0.2) is 65.4 Å². The van der Waals surface area contributed by atoms with E-state index >= 15 is 0 Å². The first-order valence-corrected chi connectivity index (χ1v) is 10.8. The largest absolute Gasteiger partial charge is 0.497 e. The van der Waals surface area contributed by atoms with Gasteiger partial charge in [-0.15, -0.1) is 0 Å². The lowest BCUT2D eigenvalue weighted by Gasteiger charge is -2.27. The molecule has 7 heteroatoms. The van der Waals surface area contributed by atoms with Crippen LogP contribution in [0.25, 0.3) is 0 Å². The summed E-state index contributed by atoms with van der Waals surface area (Å²) >= 11 is 0. The minimum Gasteiger partial charge on any atom is -0.497 e. The highest BCUT2D eigenvalue weighted by Gasteiger charge is 2.22. The van der Waals surface area contributed by atoms with Gasteiger partial charge in [-0.1, -0.05) is 19.1 Å². The van der Waals surface area contributed by atoms with Crippen LogP contribution in [-0.4, -0.2) is 46.4 Å². The summed E-state index contributed by atoms with van der Waals surface area (Å²) in [5.41, 5.74) is 1.90. The smallest absolute Gasteiger partial charge is 0.242 e. The monoisotopic (exact) mass is 437 g/mol. The zero-order chi connectivity index (χ0) is 22.9. The quantitative estimate of drug-likeness (QED) is 0.459. The Balaban J connectivity index is 1.71. The molecule has 0 unspecified atom stereocenters. The van der Waals surface area contributed by atoms with Crippen LogP contribution in [0, 0.1) is 0 Å². The molecule has 170 valence electrons. The highest BCUT2D eigenvalue weighted by atomic mass is 16.5. The summed E-state index contributed by atoms with van der Waals surface area (Å²) < 4.78 is 12.6. The van der Waals surface area contributed by atoms with Gasteiger partial charge in [0.05, 0.1) is 39.4 Å². The molecule has 0 aliphatic heterocycles. The van der Waals surface area contributed by atoms with E-state index in [0.29, 0.717) is 25.4 Å². The SMILES string of the molecule is CCCN(CC(=O)N(Cc1ccco1)Cc1cccn1C)C(=O)Cc1ccc(OC)cc1. The second-order valence-corrected chi connectivity index (χ2v) is 7.78. The van der Waals surface area contributed by atoms with Gasteiger partial charge in [-0.3, -0.25) is 9.59 Å². The van der Waals surface area contributed by atoms with Gasteiger partial charge in [0.15, 0.2) is 0 Å². The van der Waals surface area contributed by atoms with E-state index in [1.54, 1.807) is 23.2 Å². The number of aryl methyl sites for hydroxylation is 1. The summed E-state index contributed by atoms with van der Waals surface area (Å²) in [6.07, 6.45) is 4.57. The lowest BCUT2D eigenvalue weighted by atomic mass is 10.1. The maximum Gasteiger partial charge on any atom is 0.242 e. The number of amides is 2. The average Bonchev–Trinajstić information content (AvgIpc) is 3.45. The Morgan fingerprint density at radius 2 is 1.78 bits per heavy atom. The molecule has 0 spiro atoms. The first kappa shape index (κ1) is 23.2. The topological polar surface area (TPSA) is 67.9 Å². The molecule has 0 radical (unpaired) electrons. The average molecular weight is 438 g/mol. The molecule has 0 saturated carbocycles. The number of furan rings is 1. The number of rotatable bonds is 11. The van der Waals surface area contributed by atoms with Crippen molar-refractivity contribution in [2.45, 2.75) is 32.9 Å². The van der Waals surface area contributed by atoms with Crippen molar-refractivity contribution >= 4 is 11.8 Å². The Labute approximate surface area is 189 Å². The maximum atomic E-state index is 13.3. The third-order valence-corrected chi connectivity index (χ3v) is 5.37. The molecule has 7 nitrogen and oxygen atoms in total. The Hall–Kier alpha value is -3.48. The van der Waals surface area contributed by atoms with Crippen molar-refractivity contribution in [3.63, 3.8) is 0 Å². The Morgan fingerprint density at radius 1 is 1.00 bits per heavy atom. The fourth-order valence-corrected chi connectivity index (χ4v) is 3.53. The van der Waals surface area contributed by atoms with E-state index in [1.807, 2.05) is 73.3 Å². The van der Waals surface area contributed by atoms with Crippen molar-refractivity contribution in [3.05, 3.63) is 78.0 Å². The number of nitrogens with zero attached hydrogens (tertiary/aromatic N) is 3. The van der Waals surface area contributed by atoms with Crippen LogP contribution < -0.4 is 4.74 Å². The van der Waals surface area contributed by atoms with E-state index in [2.05, 4.69) is 0 Å². The van der Waals surface area contributed by atoms with Crippen LogP contribution in [0.5, 0.6) is 5.75 Å². The van der Waals surface area contributed by atoms with Crippen molar-refractivity contribution in [3.8, 4) is 5.75 Å². The molecular weight excluding hydrogens is 406 g/mol. The fourth-order valence-electron chi connectivity index (χ4n) is 3.53. The van der Waals surface area contributed by atoms with E-state index in [0.717, 1.165) is 23.4 Å². The maximum absolute atomic E-state index is 13.3. The van der Waals surface area contributed by atoms with Gasteiger partial charge in [0, 0.05) is 25.5 Å². The van der Waals surface area contributed by atoms with Crippen molar-refractivity contribution in [2.24, 2.45) is 7.05 Å². The molecule has 2 amide bonds. The van der Waals surface area contributed by atoms with E-state index in [4.69, 9.17) is 9.15 Å². The van der Waals surface area contributed by atoms with Gasteiger partial charge in [0.2, 0.25) is 11.8 Å². The highest BCUT2D eigenvalue weighted by Crippen LogP contribution is 2.14. The van der Waals surface area contributed by atoms with Crippen LogP contribution in [0.2, 0.25) is 0 Å². The predicted molar refractivity (Wildman–Crippen MR) is 122 cm³/mol. The summed E-state index contributed by atoms with van der Waals surface area (Å²) in [5.74, 6) is 1.27. The Bertz CT molecular complexity index is 993. The number of ether oxygens (including phenoxy) is 1. The van der Waals surface area contributed by atoms with Crippen molar-refractivity contribution < 1.29 is 18.7 Å². The standard InChI is InChI=1S/C25H31N3O4/c1-4-13-27(24(29)16-20-9-11-22(31-3)12-10-20)19-25(30)28(18-23-8-6-15-32-23)17-21-7-5-14-26(21)2/h5-12,14-15H,4,13,16-19H2,1-3H3. The molecule has 0 atom stereocenters. The predicted octanol–water partition coefficient (Wildman–Crippen LogP) is 3.64. The van der Waals surface area contributed by atoms with E-state index in [1.165, 1.54) is 0 Å². The molecule has 1 aromatic carbocycles. The normalized spacial score (nSPS) is 10.7. The number of hydrogen-bond acceptors (Lipinski definition) is 4. The van der Waals surface area contributed by atoms with E-state index in [-0.39, 0.29) is 24.8 Å². The summed E-state index contributed by atoms with van der Waals surface area (Å²) in [7, 11) is 3.56. The van der Waals surface area contributed by atoms with Crippen molar-refractivity contribution in [1.29, 1.82) is 0 Å². The van der Waals surface area contributed by atoms with Crippen LogP contribution >= 0.6 is 0 Å². The molecule has 2 aromatic heterocycles. The molecule has 2 heterocycles.